The molecule has 0 unspecified atom stereocenters. The van der Waals surface area contributed by atoms with Crippen LogP contribution in [0.2, 0.25) is 0 Å². The zero-order valence-corrected chi connectivity index (χ0v) is 18.2. The maximum absolute atomic E-state index is 2.34. The Labute approximate surface area is 185 Å². The number of rotatable bonds is 5. The van der Waals surface area contributed by atoms with Crippen molar-refractivity contribution in [2.75, 3.05) is 0 Å². The van der Waals surface area contributed by atoms with E-state index in [-0.39, 0.29) is 0 Å². The maximum atomic E-state index is 2.34. The minimum Gasteiger partial charge on any atom is -0.0622 e. The first-order chi connectivity index (χ1) is 15.4. The number of hydrogen-bond donors (Lipinski definition) is 0. The summed E-state index contributed by atoms with van der Waals surface area (Å²) in [6.07, 6.45) is 0. The van der Waals surface area contributed by atoms with Gasteiger partial charge in [-0.15, -0.1) is 0 Å². The third-order valence-electron chi connectivity index (χ3n) is 5.79. The average molecular weight is 415 g/mol. The van der Waals surface area contributed by atoms with Crippen molar-refractivity contribution >= 4 is 28.5 Å². The highest BCUT2D eigenvalue weighted by molar-refractivity contribution is 8.01. The molecule has 0 aromatic heterocycles. The van der Waals surface area contributed by atoms with Gasteiger partial charge in [0.25, 0.3) is 0 Å². The van der Waals surface area contributed by atoms with E-state index >= 15 is 0 Å². The summed E-state index contributed by atoms with van der Waals surface area (Å²) in [7, 11) is -2.02. The first kappa shape index (κ1) is 19.5. The van der Waals surface area contributed by atoms with Crippen LogP contribution in [0.5, 0.6) is 0 Å². The minimum absolute atomic E-state index is 1.25. The Morgan fingerprint density at radius 2 is 0.548 bits per heavy atom. The largest absolute Gasteiger partial charge is 0.144 e. The Morgan fingerprint density at radius 1 is 0.258 bits per heavy atom. The molecule has 0 atom stereocenters. The van der Waals surface area contributed by atoms with E-state index in [0.29, 0.717) is 0 Å². The second kappa shape index (κ2) is 8.72. The van der Waals surface area contributed by atoms with Crippen LogP contribution in [-0.4, -0.2) is 0 Å². The lowest BCUT2D eigenvalue weighted by atomic mass is 10.1. The second-order valence-electron chi connectivity index (χ2n) is 7.59. The van der Waals surface area contributed by atoms with Crippen molar-refractivity contribution in [2.24, 2.45) is 0 Å². The van der Waals surface area contributed by atoms with Crippen LogP contribution in [0.1, 0.15) is 0 Å². The first-order valence-corrected chi connectivity index (χ1v) is 12.4. The molecule has 0 spiro atoms. The molecule has 0 aliphatic heterocycles. The molecular formula is C30H24P+. The number of benzene rings is 5. The van der Waals surface area contributed by atoms with Gasteiger partial charge in [0.05, 0.1) is 0 Å². The summed E-state index contributed by atoms with van der Waals surface area (Å²) in [6.45, 7) is 0. The Balaban J connectivity index is 1.78. The molecule has 0 radical (unpaired) electrons. The van der Waals surface area contributed by atoms with Crippen molar-refractivity contribution in [2.45, 2.75) is 0 Å². The second-order valence-corrected chi connectivity index (χ2v) is 11.0. The molecule has 0 saturated carbocycles. The lowest BCUT2D eigenvalue weighted by molar-refractivity contribution is 1.63. The Kier molecular flexibility index (Phi) is 5.48. The molecule has 148 valence electrons. The maximum Gasteiger partial charge on any atom is 0.144 e. The zero-order chi connectivity index (χ0) is 20.9. The quantitative estimate of drug-likeness (QED) is 0.310. The predicted octanol–water partition coefficient (Wildman–Crippen LogP) is 5.97. The van der Waals surface area contributed by atoms with E-state index in [1.165, 1.54) is 32.3 Å². The molecule has 0 aliphatic carbocycles. The predicted molar refractivity (Wildman–Crippen MR) is 137 cm³/mol. The topological polar surface area (TPSA) is 0 Å². The van der Waals surface area contributed by atoms with Crippen LogP contribution >= 0.6 is 7.26 Å². The molecule has 5 rings (SSSR count). The molecule has 0 fully saturated rings. The van der Waals surface area contributed by atoms with Crippen LogP contribution in [0.15, 0.2) is 146 Å². The van der Waals surface area contributed by atoms with E-state index in [0.717, 1.165) is 0 Å². The standard InChI is InChI=1S/C30H24P/c1-5-13-25(14-6-1)26-21-23-30(24-22-26)31(27-15-7-2-8-16-27,28-17-9-3-10-18-28)29-19-11-4-12-20-29/h1-24H/q+1. The smallest absolute Gasteiger partial charge is 0.0622 e. The first-order valence-electron chi connectivity index (χ1n) is 10.6. The highest BCUT2D eigenvalue weighted by Gasteiger charge is 2.47. The summed E-state index contributed by atoms with van der Waals surface area (Å²) in [5.74, 6) is 0. The van der Waals surface area contributed by atoms with Crippen LogP contribution < -0.4 is 21.2 Å². The average Bonchev–Trinajstić information content (AvgIpc) is 2.88. The normalized spacial score (nSPS) is 11.2. The molecule has 0 saturated heterocycles. The summed E-state index contributed by atoms with van der Waals surface area (Å²) in [5.41, 5.74) is 2.49. The van der Waals surface area contributed by atoms with Crippen molar-refractivity contribution in [1.29, 1.82) is 0 Å². The SMILES string of the molecule is c1ccc(-c2ccc([P+](c3ccccc3)(c3ccccc3)c3ccccc3)cc2)cc1. The van der Waals surface area contributed by atoms with Gasteiger partial charge >= 0.3 is 0 Å². The van der Waals surface area contributed by atoms with Crippen LogP contribution in [0.3, 0.4) is 0 Å². The molecule has 1 heteroatoms. The summed E-state index contributed by atoms with van der Waals surface area (Å²) in [6, 6.07) is 52.8. The van der Waals surface area contributed by atoms with Gasteiger partial charge in [0.15, 0.2) is 0 Å². The lowest BCUT2D eigenvalue weighted by Crippen LogP contribution is -2.38. The van der Waals surface area contributed by atoms with Crippen LogP contribution in [0, 0.1) is 0 Å². The molecule has 5 aromatic carbocycles. The van der Waals surface area contributed by atoms with Gasteiger partial charge < -0.3 is 0 Å². The van der Waals surface area contributed by atoms with Gasteiger partial charge in [-0.05, 0) is 59.7 Å². The van der Waals surface area contributed by atoms with E-state index in [1.807, 2.05) is 0 Å². The highest BCUT2D eigenvalue weighted by Crippen LogP contribution is 2.54. The zero-order valence-electron chi connectivity index (χ0n) is 17.3. The van der Waals surface area contributed by atoms with Gasteiger partial charge in [0.2, 0.25) is 0 Å². The van der Waals surface area contributed by atoms with E-state index in [1.54, 1.807) is 0 Å². The molecule has 31 heavy (non-hydrogen) atoms. The molecular weight excluding hydrogens is 391 g/mol. The van der Waals surface area contributed by atoms with Crippen molar-refractivity contribution in [3.63, 3.8) is 0 Å². The molecule has 5 aromatic rings. The van der Waals surface area contributed by atoms with Gasteiger partial charge in [0, 0.05) is 0 Å². The summed E-state index contributed by atoms with van der Waals surface area (Å²) < 4.78 is 0. The van der Waals surface area contributed by atoms with E-state index in [4.69, 9.17) is 0 Å². The molecule has 0 aliphatic rings. The van der Waals surface area contributed by atoms with E-state index in [2.05, 4.69) is 146 Å². The van der Waals surface area contributed by atoms with E-state index < -0.39 is 7.26 Å². The van der Waals surface area contributed by atoms with Gasteiger partial charge in [-0.3, -0.25) is 0 Å². The van der Waals surface area contributed by atoms with E-state index in [9.17, 15) is 0 Å². The third-order valence-corrected chi connectivity index (χ3v) is 10.1. The minimum atomic E-state index is -2.02. The van der Waals surface area contributed by atoms with Gasteiger partial charge in [0.1, 0.15) is 28.5 Å². The van der Waals surface area contributed by atoms with Crippen LogP contribution in [0.4, 0.5) is 0 Å². The Bertz CT molecular complexity index is 1130. The Hall–Kier alpha value is -3.47. The third kappa shape index (κ3) is 3.61. The van der Waals surface area contributed by atoms with Crippen molar-refractivity contribution in [1.82, 2.24) is 0 Å². The van der Waals surface area contributed by atoms with Crippen molar-refractivity contribution < 1.29 is 0 Å². The molecule has 0 amide bonds. The van der Waals surface area contributed by atoms with Gasteiger partial charge in [-0.25, -0.2) is 0 Å². The van der Waals surface area contributed by atoms with Crippen LogP contribution in [-0.2, 0) is 0 Å². The molecule has 0 bridgehead atoms. The van der Waals surface area contributed by atoms with Gasteiger partial charge in [-0.2, -0.15) is 0 Å². The van der Waals surface area contributed by atoms with Crippen LogP contribution in [0.25, 0.3) is 11.1 Å². The fourth-order valence-corrected chi connectivity index (χ4v) is 8.60. The molecule has 0 nitrogen and oxygen atoms in total. The fraction of sp³-hybridized carbons (Fsp3) is 0. The Morgan fingerprint density at radius 3 is 0.935 bits per heavy atom. The summed E-state index contributed by atoms with van der Waals surface area (Å²) >= 11 is 0. The molecule has 0 N–H and O–H groups in total. The van der Waals surface area contributed by atoms with Gasteiger partial charge in [-0.1, -0.05) is 97.1 Å². The fourth-order valence-electron chi connectivity index (χ4n) is 4.36. The summed E-state index contributed by atoms with van der Waals surface area (Å²) in [5, 5.41) is 5.50. The monoisotopic (exact) mass is 415 g/mol. The molecule has 0 heterocycles. The number of hydrogen-bond acceptors (Lipinski definition) is 0. The van der Waals surface area contributed by atoms with Crippen molar-refractivity contribution in [3.8, 4) is 11.1 Å². The van der Waals surface area contributed by atoms with Crippen molar-refractivity contribution in [3.05, 3.63) is 146 Å². The summed E-state index contributed by atoms with van der Waals surface area (Å²) in [4.78, 5) is 0. The highest BCUT2D eigenvalue weighted by atomic mass is 31.2. The lowest BCUT2D eigenvalue weighted by Gasteiger charge is -2.27.